The molecule has 1 saturated heterocycles. The molecular weight excluding hydrogens is 212 g/mol. The molecule has 0 aromatic heterocycles. The lowest BCUT2D eigenvalue weighted by molar-refractivity contribution is -0.00954. The predicted molar refractivity (Wildman–Crippen MR) is 73.1 cm³/mol. The second-order valence-electron chi connectivity index (χ2n) is 5.99. The maximum Gasteiger partial charge on any atom is 0.0674 e. The Morgan fingerprint density at radius 3 is 2.35 bits per heavy atom. The molecule has 3 nitrogen and oxygen atoms in total. The second kappa shape index (κ2) is 6.17. The second-order valence-corrected chi connectivity index (χ2v) is 5.99. The SMILES string of the molecule is CC1CN(C(CN)(C(C)C)C(C)C)CCCO1. The molecule has 17 heavy (non-hydrogen) atoms. The fourth-order valence-corrected chi connectivity index (χ4v) is 3.37. The third-order valence-corrected chi connectivity index (χ3v) is 4.37. The topological polar surface area (TPSA) is 38.5 Å². The van der Waals surface area contributed by atoms with Crippen LogP contribution in [0.2, 0.25) is 0 Å². The molecule has 0 bridgehead atoms. The van der Waals surface area contributed by atoms with Gasteiger partial charge in [-0.25, -0.2) is 0 Å². The zero-order valence-corrected chi connectivity index (χ0v) is 12.2. The number of hydrogen-bond acceptors (Lipinski definition) is 3. The van der Waals surface area contributed by atoms with Crippen LogP contribution in [0.4, 0.5) is 0 Å². The Labute approximate surface area is 107 Å². The summed E-state index contributed by atoms with van der Waals surface area (Å²) in [5.41, 5.74) is 6.27. The number of rotatable bonds is 4. The summed E-state index contributed by atoms with van der Waals surface area (Å²) in [5, 5.41) is 0. The molecule has 0 radical (unpaired) electrons. The lowest BCUT2D eigenvalue weighted by atomic mass is 9.75. The van der Waals surface area contributed by atoms with Crippen LogP contribution in [-0.4, -0.2) is 42.8 Å². The van der Waals surface area contributed by atoms with Gasteiger partial charge in [0.25, 0.3) is 0 Å². The van der Waals surface area contributed by atoms with Gasteiger partial charge in [-0.05, 0) is 25.2 Å². The number of nitrogens with zero attached hydrogens (tertiary/aromatic N) is 1. The van der Waals surface area contributed by atoms with Gasteiger partial charge in [-0.2, -0.15) is 0 Å². The zero-order valence-electron chi connectivity index (χ0n) is 12.2. The van der Waals surface area contributed by atoms with Crippen molar-refractivity contribution in [1.29, 1.82) is 0 Å². The normalized spacial score (nSPS) is 24.4. The molecule has 3 heteroatoms. The lowest BCUT2D eigenvalue weighted by Gasteiger charge is -2.49. The summed E-state index contributed by atoms with van der Waals surface area (Å²) in [7, 11) is 0. The van der Waals surface area contributed by atoms with Crippen molar-refractivity contribution in [3.8, 4) is 0 Å². The van der Waals surface area contributed by atoms with Crippen LogP contribution < -0.4 is 5.73 Å². The minimum atomic E-state index is 0.113. The first kappa shape index (κ1) is 14.9. The van der Waals surface area contributed by atoms with E-state index in [0.717, 1.165) is 32.7 Å². The first-order valence-corrected chi connectivity index (χ1v) is 7.01. The van der Waals surface area contributed by atoms with Crippen molar-refractivity contribution >= 4 is 0 Å². The first-order valence-electron chi connectivity index (χ1n) is 7.01. The highest BCUT2D eigenvalue weighted by Crippen LogP contribution is 2.33. The Morgan fingerprint density at radius 2 is 1.88 bits per heavy atom. The summed E-state index contributed by atoms with van der Waals surface area (Å²) in [6.07, 6.45) is 1.44. The van der Waals surface area contributed by atoms with Crippen LogP contribution in [0.15, 0.2) is 0 Å². The van der Waals surface area contributed by atoms with Gasteiger partial charge >= 0.3 is 0 Å². The summed E-state index contributed by atoms with van der Waals surface area (Å²) in [6.45, 7) is 15.1. The van der Waals surface area contributed by atoms with Crippen LogP contribution in [-0.2, 0) is 4.74 Å². The molecule has 0 aromatic rings. The van der Waals surface area contributed by atoms with Crippen molar-refractivity contribution < 1.29 is 4.74 Å². The van der Waals surface area contributed by atoms with Crippen molar-refractivity contribution in [3.05, 3.63) is 0 Å². The van der Waals surface area contributed by atoms with Gasteiger partial charge in [-0.3, -0.25) is 4.90 Å². The standard InChI is InChI=1S/C14H30N2O/c1-11(2)14(10-15,12(3)4)16-7-6-8-17-13(5)9-16/h11-13H,6-10,15H2,1-5H3. The Kier molecular flexibility index (Phi) is 5.42. The summed E-state index contributed by atoms with van der Waals surface area (Å²) in [4.78, 5) is 2.58. The summed E-state index contributed by atoms with van der Waals surface area (Å²) >= 11 is 0. The van der Waals surface area contributed by atoms with Gasteiger partial charge in [-0.15, -0.1) is 0 Å². The highest BCUT2D eigenvalue weighted by molar-refractivity contribution is 4.98. The van der Waals surface area contributed by atoms with E-state index in [9.17, 15) is 0 Å². The predicted octanol–water partition coefficient (Wildman–Crippen LogP) is 2.11. The minimum absolute atomic E-state index is 0.113. The molecule has 1 aliphatic rings. The van der Waals surface area contributed by atoms with Crippen molar-refractivity contribution in [2.75, 3.05) is 26.2 Å². The molecule has 1 unspecified atom stereocenters. The van der Waals surface area contributed by atoms with Gasteiger partial charge in [0.15, 0.2) is 0 Å². The monoisotopic (exact) mass is 242 g/mol. The van der Waals surface area contributed by atoms with Crippen LogP contribution in [0.1, 0.15) is 41.0 Å². The number of hydrogen-bond donors (Lipinski definition) is 1. The minimum Gasteiger partial charge on any atom is -0.377 e. The fraction of sp³-hybridized carbons (Fsp3) is 1.00. The molecule has 0 aromatic carbocycles. The Morgan fingerprint density at radius 1 is 1.29 bits per heavy atom. The average molecular weight is 242 g/mol. The highest BCUT2D eigenvalue weighted by atomic mass is 16.5. The molecule has 1 fully saturated rings. The molecule has 0 aliphatic carbocycles. The van der Waals surface area contributed by atoms with E-state index in [0.29, 0.717) is 17.9 Å². The summed E-state index contributed by atoms with van der Waals surface area (Å²) in [6, 6.07) is 0. The van der Waals surface area contributed by atoms with E-state index in [1.54, 1.807) is 0 Å². The quantitative estimate of drug-likeness (QED) is 0.820. The molecule has 1 aliphatic heterocycles. The largest absolute Gasteiger partial charge is 0.377 e. The van der Waals surface area contributed by atoms with Gasteiger partial charge < -0.3 is 10.5 Å². The van der Waals surface area contributed by atoms with E-state index < -0.39 is 0 Å². The lowest BCUT2D eigenvalue weighted by Crippen LogP contribution is -2.62. The Balaban J connectivity index is 2.95. The van der Waals surface area contributed by atoms with Gasteiger partial charge in [0.05, 0.1) is 6.10 Å². The third kappa shape index (κ3) is 3.01. The van der Waals surface area contributed by atoms with Crippen molar-refractivity contribution in [2.24, 2.45) is 17.6 Å². The fourth-order valence-electron chi connectivity index (χ4n) is 3.37. The van der Waals surface area contributed by atoms with Gasteiger partial charge in [-0.1, -0.05) is 27.7 Å². The molecule has 102 valence electrons. The summed E-state index contributed by atoms with van der Waals surface area (Å²) < 4.78 is 5.75. The van der Waals surface area contributed by atoms with Crippen molar-refractivity contribution in [1.82, 2.24) is 4.90 Å². The van der Waals surface area contributed by atoms with Crippen LogP contribution in [0.3, 0.4) is 0 Å². The van der Waals surface area contributed by atoms with E-state index in [4.69, 9.17) is 10.5 Å². The third-order valence-electron chi connectivity index (χ3n) is 4.37. The molecule has 1 rings (SSSR count). The maximum absolute atomic E-state index is 6.15. The molecule has 0 spiro atoms. The van der Waals surface area contributed by atoms with Gasteiger partial charge in [0.1, 0.15) is 0 Å². The Hall–Kier alpha value is -0.120. The van der Waals surface area contributed by atoms with Crippen molar-refractivity contribution in [2.45, 2.75) is 52.7 Å². The van der Waals surface area contributed by atoms with Crippen LogP contribution >= 0.6 is 0 Å². The molecule has 2 N–H and O–H groups in total. The van der Waals surface area contributed by atoms with E-state index in [1.165, 1.54) is 0 Å². The molecule has 1 atom stereocenters. The van der Waals surface area contributed by atoms with Gasteiger partial charge in [0, 0.05) is 31.8 Å². The van der Waals surface area contributed by atoms with Gasteiger partial charge in [0.2, 0.25) is 0 Å². The zero-order chi connectivity index (χ0) is 13.1. The molecule has 0 amide bonds. The van der Waals surface area contributed by atoms with Crippen LogP contribution in [0.5, 0.6) is 0 Å². The number of nitrogens with two attached hydrogens (primary N) is 1. The molecule has 1 heterocycles. The van der Waals surface area contributed by atoms with E-state index in [-0.39, 0.29) is 5.54 Å². The van der Waals surface area contributed by atoms with Crippen LogP contribution in [0.25, 0.3) is 0 Å². The molecular formula is C14H30N2O. The van der Waals surface area contributed by atoms with Crippen LogP contribution in [0, 0.1) is 11.8 Å². The highest BCUT2D eigenvalue weighted by Gasteiger charge is 2.42. The maximum atomic E-state index is 6.15. The molecule has 0 saturated carbocycles. The first-order chi connectivity index (χ1) is 7.95. The van der Waals surface area contributed by atoms with E-state index in [2.05, 4.69) is 39.5 Å². The smallest absolute Gasteiger partial charge is 0.0674 e. The van der Waals surface area contributed by atoms with E-state index in [1.807, 2.05) is 0 Å². The van der Waals surface area contributed by atoms with E-state index >= 15 is 0 Å². The Bertz CT molecular complexity index is 220. The number of ether oxygens (including phenoxy) is 1. The summed E-state index contributed by atoms with van der Waals surface area (Å²) in [5.74, 6) is 1.13. The average Bonchev–Trinajstić information content (AvgIpc) is 2.44. The van der Waals surface area contributed by atoms with Crippen molar-refractivity contribution in [3.63, 3.8) is 0 Å².